The Bertz CT molecular complexity index is 481. The summed E-state index contributed by atoms with van der Waals surface area (Å²) in [5, 5.41) is 21.1. The number of rotatable bonds is 8. The van der Waals surface area contributed by atoms with E-state index in [1.54, 1.807) is 23.7 Å². The summed E-state index contributed by atoms with van der Waals surface area (Å²) >= 11 is 1.55. The highest BCUT2D eigenvalue weighted by molar-refractivity contribution is 7.98. The first-order valence-electron chi connectivity index (χ1n) is 7.86. The molecule has 0 spiro atoms. The van der Waals surface area contributed by atoms with Crippen molar-refractivity contribution in [3.63, 3.8) is 0 Å². The van der Waals surface area contributed by atoms with Crippen molar-refractivity contribution in [2.45, 2.75) is 50.6 Å². The zero-order chi connectivity index (χ0) is 17.2. The molecule has 1 fully saturated rings. The lowest BCUT2D eigenvalue weighted by Gasteiger charge is -2.31. The molecular weight excluding hydrogens is 314 g/mol. The number of amides is 1. The molecule has 1 rings (SSSR count). The number of nitriles is 1. The summed E-state index contributed by atoms with van der Waals surface area (Å²) in [6, 6.07) is 1.25. The highest BCUT2D eigenvalue weighted by Gasteiger charge is 2.25. The average Bonchev–Trinajstić information content (AvgIpc) is 2.57. The Labute approximate surface area is 141 Å². The molecule has 1 aliphatic carbocycles. The van der Waals surface area contributed by atoms with Gasteiger partial charge in [0.25, 0.3) is 5.91 Å². The molecule has 128 valence electrons. The summed E-state index contributed by atoms with van der Waals surface area (Å²) < 4.78 is 0. The van der Waals surface area contributed by atoms with Gasteiger partial charge in [-0.25, -0.2) is 4.79 Å². The number of aliphatic carboxylic acids is 1. The number of nitrogens with one attached hydrogen (secondary N) is 1. The quantitative estimate of drug-likeness (QED) is 0.519. The predicted octanol–water partition coefficient (Wildman–Crippen LogP) is 1.98. The van der Waals surface area contributed by atoms with Gasteiger partial charge in [0.1, 0.15) is 17.7 Å². The Hall–Kier alpha value is -1.68. The van der Waals surface area contributed by atoms with Gasteiger partial charge < -0.3 is 15.3 Å². The van der Waals surface area contributed by atoms with Crippen LogP contribution in [0.25, 0.3) is 0 Å². The Balaban J connectivity index is 2.70. The number of nitrogens with zero attached hydrogens (tertiary/aromatic N) is 2. The molecular formula is C16H25N3O3S. The third kappa shape index (κ3) is 6.14. The van der Waals surface area contributed by atoms with E-state index in [0.717, 1.165) is 25.7 Å². The summed E-state index contributed by atoms with van der Waals surface area (Å²) in [6.07, 6.45) is 8.89. The van der Waals surface area contributed by atoms with E-state index in [1.807, 2.05) is 12.3 Å². The van der Waals surface area contributed by atoms with Crippen LogP contribution in [0.15, 0.2) is 11.8 Å². The van der Waals surface area contributed by atoms with Crippen molar-refractivity contribution in [1.82, 2.24) is 10.2 Å². The summed E-state index contributed by atoms with van der Waals surface area (Å²) in [4.78, 5) is 25.2. The van der Waals surface area contributed by atoms with Crippen molar-refractivity contribution in [2.24, 2.45) is 0 Å². The Morgan fingerprint density at radius 1 is 1.43 bits per heavy atom. The smallest absolute Gasteiger partial charge is 0.326 e. The van der Waals surface area contributed by atoms with Gasteiger partial charge in [0.2, 0.25) is 0 Å². The van der Waals surface area contributed by atoms with Crippen molar-refractivity contribution in [3.8, 4) is 6.07 Å². The van der Waals surface area contributed by atoms with E-state index in [-0.39, 0.29) is 17.5 Å². The van der Waals surface area contributed by atoms with Crippen LogP contribution in [0.4, 0.5) is 0 Å². The summed E-state index contributed by atoms with van der Waals surface area (Å²) in [7, 11) is 1.71. The Kier molecular flexibility index (Phi) is 8.56. The van der Waals surface area contributed by atoms with E-state index >= 15 is 0 Å². The van der Waals surface area contributed by atoms with Gasteiger partial charge in [-0.05, 0) is 31.3 Å². The van der Waals surface area contributed by atoms with Crippen LogP contribution in [0.3, 0.4) is 0 Å². The lowest BCUT2D eigenvalue weighted by molar-refractivity contribution is -0.139. The van der Waals surface area contributed by atoms with E-state index in [4.69, 9.17) is 5.11 Å². The SMILES string of the molecule is CSCCC(N/C=C(/C#N)C(=O)N(C)C1CCCCC1)C(=O)O. The van der Waals surface area contributed by atoms with E-state index < -0.39 is 12.0 Å². The predicted molar refractivity (Wildman–Crippen MR) is 90.9 cm³/mol. The fraction of sp³-hybridized carbons (Fsp3) is 0.688. The molecule has 0 saturated heterocycles. The largest absolute Gasteiger partial charge is 0.480 e. The van der Waals surface area contributed by atoms with Crippen LogP contribution in [-0.4, -0.2) is 53.0 Å². The maximum atomic E-state index is 12.4. The number of likely N-dealkylation sites (N-methyl/N-ethyl adjacent to an activating group) is 1. The zero-order valence-corrected chi connectivity index (χ0v) is 14.6. The minimum absolute atomic E-state index is 0.0477. The van der Waals surface area contributed by atoms with Gasteiger partial charge in [0, 0.05) is 19.3 Å². The molecule has 0 heterocycles. The van der Waals surface area contributed by atoms with Gasteiger partial charge in [-0.2, -0.15) is 17.0 Å². The second-order valence-electron chi connectivity index (χ2n) is 5.72. The zero-order valence-electron chi connectivity index (χ0n) is 13.7. The molecule has 0 aromatic heterocycles. The third-order valence-corrected chi connectivity index (χ3v) is 4.78. The van der Waals surface area contributed by atoms with Crippen LogP contribution < -0.4 is 5.32 Å². The van der Waals surface area contributed by atoms with E-state index in [0.29, 0.717) is 12.2 Å². The maximum Gasteiger partial charge on any atom is 0.326 e. The van der Waals surface area contributed by atoms with Crippen LogP contribution in [0.2, 0.25) is 0 Å². The normalized spacial score (nSPS) is 17.2. The molecule has 1 aliphatic rings. The lowest BCUT2D eigenvalue weighted by atomic mass is 9.94. The van der Waals surface area contributed by atoms with Crippen LogP contribution in [0.5, 0.6) is 0 Å². The molecule has 0 radical (unpaired) electrons. The van der Waals surface area contributed by atoms with Gasteiger partial charge in [-0.15, -0.1) is 0 Å². The lowest BCUT2D eigenvalue weighted by Crippen LogP contribution is -2.40. The highest BCUT2D eigenvalue weighted by Crippen LogP contribution is 2.22. The highest BCUT2D eigenvalue weighted by atomic mass is 32.2. The molecule has 23 heavy (non-hydrogen) atoms. The Morgan fingerprint density at radius 3 is 2.61 bits per heavy atom. The first-order chi connectivity index (χ1) is 11.0. The number of carboxylic acids is 1. The standard InChI is InChI=1S/C16H25N3O3S/c1-19(13-6-4-3-5-7-13)15(20)12(10-17)11-18-14(16(21)22)8-9-23-2/h11,13-14,18H,3-9H2,1-2H3,(H,21,22)/b12-11-. The molecule has 0 aromatic carbocycles. The molecule has 1 saturated carbocycles. The molecule has 7 heteroatoms. The van der Waals surface area contributed by atoms with E-state index in [2.05, 4.69) is 5.32 Å². The van der Waals surface area contributed by atoms with Gasteiger partial charge in [0.05, 0.1) is 0 Å². The number of hydrogen-bond donors (Lipinski definition) is 2. The number of hydrogen-bond acceptors (Lipinski definition) is 5. The minimum atomic E-state index is -0.985. The fourth-order valence-electron chi connectivity index (χ4n) is 2.66. The summed E-state index contributed by atoms with van der Waals surface area (Å²) in [6.45, 7) is 0. The average molecular weight is 339 g/mol. The monoisotopic (exact) mass is 339 g/mol. The van der Waals surface area contributed by atoms with Crippen molar-refractivity contribution in [1.29, 1.82) is 5.26 Å². The third-order valence-electron chi connectivity index (χ3n) is 4.13. The van der Waals surface area contributed by atoms with Crippen LogP contribution in [-0.2, 0) is 9.59 Å². The van der Waals surface area contributed by atoms with Gasteiger partial charge >= 0.3 is 5.97 Å². The summed E-state index contributed by atoms with van der Waals surface area (Å²) in [5.74, 6) is -0.642. The van der Waals surface area contributed by atoms with E-state index in [1.165, 1.54) is 12.6 Å². The molecule has 0 bridgehead atoms. The van der Waals surface area contributed by atoms with Crippen LogP contribution in [0, 0.1) is 11.3 Å². The topological polar surface area (TPSA) is 93.4 Å². The minimum Gasteiger partial charge on any atom is -0.480 e. The first-order valence-corrected chi connectivity index (χ1v) is 9.25. The molecule has 6 nitrogen and oxygen atoms in total. The van der Waals surface area contributed by atoms with Gasteiger partial charge in [0.15, 0.2) is 0 Å². The number of carboxylic acid groups (broad SMARTS) is 1. The molecule has 1 amide bonds. The van der Waals surface area contributed by atoms with Crippen molar-refractivity contribution in [2.75, 3.05) is 19.1 Å². The first kappa shape index (κ1) is 19.4. The second-order valence-corrected chi connectivity index (χ2v) is 6.70. The number of thioether (sulfide) groups is 1. The van der Waals surface area contributed by atoms with Gasteiger partial charge in [-0.1, -0.05) is 19.3 Å². The molecule has 2 N–H and O–H groups in total. The van der Waals surface area contributed by atoms with Crippen LogP contribution >= 0.6 is 11.8 Å². The fourth-order valence-corrected chi connectivity index (χ4v) is 3.14. The Morgan fingerprint density at radius 2 is 2.09 bits per heavy atom. The maximum absolute atomic E-state index is 12.4. The number of carbonyl (C=O) groups excluding carboxylic acids is 1. The van der Waals surface area contributed by atoms with E-state index in [9.17, 15) is 14.9 Å². The van der Waals surface area contributed by atoms with Crippen LogP contribution in [0.1, 0.15) is 38.5 Å². The molecule has 0 aliphatic heterocycles. The summed E-state index contributed by atoms with van der Waals surface area (Å²) in [5.41, 5.74) is -0.0477. The second kappa shape index (κ2) is 10.2. The van der Waals surface area contributed by atoms with Crippen molar-refractivity contribution in [3.05, 3.63) is 11.8 Å². The molecule has 0 aromatic rings. The molecule has 1 atom stereocenters. The van der Waals surface area contributed by atoms with Gasteiger partial charge in [-0.3, -0.25) is 4.79 Å². The molecule has 1 unspecified atom stereocenters. The van der Waals surface area contributed by atoms with Crippen molar-refractivity contribution >= 4 is 23.6 Å². The number of carbonyl (C=O) groups is 2. The van der Waals surface area contributed by atoms with Crippen molar-refractivity contribution < 1.29 is 14.7 Å².